The summed E-state index contributed by atoms with van der Waals surface area (Å²) in [5.74, 6) is -0.257. The van der Waals surface area contributed by atoms with E-state index in [0.29, 0.717) is 17.1 Å². The molecule has 0 aliphatic rings. The van der Waals surface area contributed by atoms with Crippen molar-refractivity contribution >= 4 is 11.6 Å². The van der Waals surface area contributed by atoms with Crippen molar-refractivity contribution in [3.05, 3.63) is 52.1 Å². The van der Waals surface area contributed by atoms with Gasteiger partial charge in [0.15, 0.2) is 0 Å². The van der Waals surface area contributed by atoms with Crippen molar-refractivity contribution in [2.75, 3.05) is 6.54 Å². The van der Waals surface area contributed by atoms with Crippen LogP contribution in [0.1, 0.15) is 23.7 Å². The molecule has 1 heterocycles. The van der Waals surface area contributed by atoms with E-state index in [-0.39, 0.29) is 5.82 Å². The lowest BCUT2D eigenvalue weighted by molar-refractivity contribution is 0.579. The van der Waals surface area contributed by atoms with Crippen molar-refractivity contribution in [2.45, 2.75) is 26.9 Å². The number of nitrogens with one attached hydrogen (secondary N) is 1. The van der Waals surface area contributed by atoms with Gasteiger partial charge in [0.25, 0.3) is 0 Å². The van der Waals surface area contributed by atoms with Gasteiger partial charge in [0.1, 0.15) is 5.82 Å². The topological polar surface area (TPSA) is 29.9 Å². The Morgan fingerprint density at radius 2 is 2.16 bits per heavy atom. The first-order valence-electron chi connectivity index (χ1n) is 6.27. The summed E-state index contributed by atoms with van der Waals surface area (Å²) in [5, 5.41) is 8.09. The van der Waals surface area contributed by atoms with Gasteiger partial charge >= 0.3 is 0 Å². The predicted molar refractivity (Wildman–Crippen MR) is 74.9 cm³/mol. The Morgan fingerprint density at radius 1 is 1.37 bits per heavy atom. The van der Waals surface area contributed by atoms with Crippen LogP contribution in [0.2, 0.25) is 5.02 Å². The van der Waals surface area contributed by atoms with Crippen molar-refractivity contribution in [1.82, 2.24) is 15.1 Å². The van der Waals surface area contributed by atoms with E-state index in [2.05, 4.69) is 17.3 Å². The highest BCUT2D eigenvalue weighted by Crippen LogP contribution is 2.17. The molecule has 0 radical (unpaired) electrons. The fraction of sp³-hybridized carbons (Fsp3) is 0.357. The van der Waals surface area contributed by atoms with Gasteiger partial charge in [-0.25, -0.2) is 4.39 Å². The number of halogens is 2. The van der Waals surface area contributed by atoms with Crippen LogP contribution in [0.4, 0.5) is 4.39 Å². The van der Waals surface area contributed by atoms with E-state index in [1.165, 1.54) is 6.07 Å². The van der Waals surface area contributed by atoms with Gasteiger partial charge < -0.3 is 5.32 Å². The molecule has 0 aliphatic heterocycles. The van der Waals surface area contributed by atoms with Gasteiger partial charge in [-0.3, -0.25) is 4.68 Å². The van der Waals surface area contributed by atoms with Crippen LogP contribution >= 0.6 is 11.6 Å². The van der Waals surface area contributed by atoms with Gasteiger partial charge in [0, 0.05) is 28.4 Å². The molecule has 0 amide bonds. The maximum atomic E-state index is 13.7. The zero-order valence-electron chi connectivity index (χ0n) is 11.1. The second-order valence-corrected chi connectivity index (χ2v) is 4.87. The zero-order valence-corrected chi connectivity index (χ0v) is 11.8. The summed E-state index contributed by atoms with van der Waals surface area (Å²) >= 11 is 5.89. The van der Waals surface area contributed by atoms with Crippen molar-refractivity contribution in [2.24, 2.45) is 0 Å². The predicted octanol–water partition coefficient (Wildman–Crippen LogP) is 3.14. The number of hydrogen-bond acceptors (Lipinski definition) is 2. The summed E-state index contributed by atoms with van der Waals surface area (Å²) in [6.07, 6.45) is 1.82. The van der Waals surface area contributed by atoms with Crippen LogP contribution in [0.3, 0.4) is 0 Å². The third-order valence-electron chi connectivity index (χ3n) is 3.10. The van der Waals surface area contributed by atoms with E-state index >= 15 is 0 Å². The second kappa shape index (κ2) is 6.17. The Hall–Kier alpha value is -1.39. The second-order valence-electron chi connectivity index (χ2n) is 4.43. The first-order chi connectivity index (χ1) is 9.11. The Bertz CT molecular complexity index is 566. The Morgan fingerprint density at radius 3 is 2.89 bits per heavy atom. The lowest BCUT2D eigenvalue weighted by Gasteiger charge is -2.07. The van der Waals surface area contributed by atoms with E-state index in [9.17, 15) is 4.39 Å². The minimum atomic E-state index is -0.257. The fourth-order valence-corrected chi connectivity index (χ4v) is 2.10. The van der Waals surface area contributed by atoms with Gasteiger partial charge in [-0.15, -0.1) is 0 Å². The zero-order chi connectivity index (χ0) is 13.8. The van der Waals surface area contributed by atoms with E-state index < -0.39 is 0 Å². The van der Waals surface area contributed by atoms with Crippen molar-refractivity contribution in [3.63, 3.8) is 0 Å². The minimum Gasteiger partial charge on any atom is -0.313 e. The highest BCUT2D eigenvalue weighted by Gasteiger charge is 2.09. The summed E-state index contributed by atoms with van der Waals surface area (Å²) in [4.78, 5) is 0. The molecule has 5 heteroatoms. The smallest absolute Gasteiger partial charge is 0.128 e. The molecule has 1 N–H and O–H groups in total. The van der Waals surface area contributed by atoms with E-state index in [1.54, 1.807) is 16.8 Å². The molecule has 0 aliphatic carbocycles. The molecule has 0 spiro atoms. The number of hydrogen-bond donors (Lipinski definition) is 1. The van der Waals surface area contributed by atoms with Crippen LogP contribution in [0.25, 0.3) is 0 Å². The molecule has 0 unspecified atom stereocenters. The Labute approximate surface area is 117 Å². The van der Waals surface area contributed by atoms with Crippen molar-refractivity contribution in [3.8, 4) is 0 Å². The molecular formula is C14H17ClFN3. The van der Waals surface area contributed by atoms with Crippen LogP contribution in [0.5, 0.6) is 0 Å². The standard InChI is InChI=1S/C14H17ClFN3/c1-3-17-7-12-8-18-19(10(12)2)9-11-6-13(15)4-5-14(11)16/h4-6,8,17H,3,7,9H2,1-2H3. The molecular weight excluding hydrogens is 265 g/mol. The van der Waals surface area contributed by atoms with Crippen LogP contribution in [-0.2, 0) is 13.1 Å². The molecule has 2 rings (SSSR count). The highest BCUT2D eigenvalue weighted by atomic mass is 35.5. The number of rotatable bonds is 5. The maximum Gasteiger partial charge on any atom is 0.128 e. The summed E-state index contributed by atoms with van der Waals surface area (Å²) in [7, 11) is 0. The van der Waals surface area contributed by atoms with E-state index in [0.717, 1.165) is 24.3 Å². The third kappa shape index (κ3) is 3.33. The minimum absolute atomic E-state index is 0.257. The molecule has 1 aromatic carbocycles. The summed E-state index contributed by atoms with van der Waals surface area (Å²) in [6.45, 7) is 6.13. The van der Waals surface area contributed by atoms with Crippen LogP contribution in [-0.4, -0.2) is 16.3 Å². The SMILES string of the molecule is CCNCc1cnn(Cc2cc(Cl)ccc2F)c1C. The third-order valence-corrected chi connectivity index (χ3v) is 3.33. The largest absolute Gasteiger partial charge is 0.313 e. The van der Waals surface area contributed by atoms with Gasteiger partial charge in [-0.05, 0) is 31.7 Å². The molecule has 0 saturated heterocycles. The van der Waals surface area contributed by atoms with Crippen LogP contribution in [0, 0.1) is 12.7 Å². The first-order valence-corrected chi connectivity index (χ1v) is 6.65. The molecule has 1 aromatic heterocycles. The van der Waals surface area contributed by atoms with Crippen molar-refractivity contribution < 1.29 is 4.39 Å². The molecule has 0 fully saturated rings. The molecule has 102 valence electrons. The lowest BCUT2D eigenvalue weighted by Crippen LogP contribution is -2.13. The molecule has 3 nitrogen and oxygen atoms in total. The van der Waals surface area contributed by atoms with Gasteiger partial charge in [0.05, 0.1) is 12.7 Å². The number of nitrogens with zero attached hydrogens (tertiary/aromatic N) is 2. The van der Waals surface area contributed by atoms with Crippen molar-refractivity contribution in [1.29, 1.82) is 0 Å². The van der Waals surface area contributed by atoms with Crippen LogP contribution < -0.4 is 5.32 Å². The normalized spacial score (nSPS) is 10.9. The highest BCUT2D eigenvalue weighted by molar-refractivity contribution is 6.30. The van der Waals surface area contributed by atoms with Gasteiger partial charge in [0.2, 0.25) is 0 Å². The number of benzene rings is 1. The maximum absolute atomic E-state index is 13.7. The summed E-state index contributed by atoms with van der Waals surface area (Å²) in [5.41, 5.74) is 2.72. The number of aromatic nitrogens is 2. The van der Waals surface area contributed by atoms with E-state index in [1.807, 2.05) is 13.1 Å². The molecule has 0 atom stereocenters. The first kappa shape index (κ1) is 14.0. The molecule has 19 heavy (non-hydrogen) atoms. The molecule has 0 bridgehead atoms. The Kier molecular flexibility index (Phi) is 4.56. The lowest BCUT2D eigenvalue weighted by atomic mass is 10.2. The van der Waals surface area contributed by atoms with Crippen LogP contribution in [0.15, 0.2) is 24.4 Å². The average Bonchev–Trinajstić information content (AvgIpc) is 2.73. The quantitative estimate of drug-likeness (QED) is 0.912. The molecule has 0 saturated carbocycles. The fourth-order valence-electron chi connectivity index (χ4n) is 1.90. The van der Waals surface area contributed by atoms with E-state index in [4.69, 9.17) is 11.6 Å². The summed E-state index contributed by atoms with van der Waals surface area (Å²) < 4.78 is 15.5. The monoisotopic (exact) mass is 281 g/mol. The van der Waals surface area contributed by atoms with Gasteiger partial charge in [-0.2, -0.15) is 5.10 Å². The van der Waals surface area contributed by atoms with Gasteiger partial charge in [-0.1, -0.05) is 18.5 Å². The average molecular weight is 282 g/mol. The Balaban J connectivity index is 2.19. The molecule has 2 aromatic rings. The summed E-state index contributed by atoms with van der Waals surface area (Å²) in [6, 6.07) is 4.57.